The van der Waals surface area contributed by atoms with Crippen molar-refractivity contribution in [3.05, 3.63) is 35.4 Å². The van der Waals surface area contributed by atoms with Gasteiger partial charge in [-0.1, -0.05) is 29.8 Å². The van der Waals surface area contributed by atoms with E-state index in [2.05, 4.69) is 53.4 Å². The monoisotopic (exact) mass is 373 g/mol. The van der Waals surface area contributed by atoms with Crippen LogP contribution in [0.5, 0.6) is 0 Å². The number of benzene rings is 1. The quantitative estimate of drug-likeness (QED) is 0.431. The third-order valence-corrected chi connectivity index (χ3v) is 5.57. The minimum Gasteiger partial charge on any atom is -0.379 e. The summed E-state index contributed by atoms with van der Waals surface area (Å²) in [5.41, 5.74) is 2.57. The van der Waals surface area contributed by atoms with Crippen molar-refractivity contribution in [2.45, 2.75) is 38.7 Å². The maximum Gasteiger partial charge on any atom is 0.193 e. The molecule has 0 amide bonds. The van der Waals surface area contributed by atoms with E-state index in [4.69, 9.17) is 9.47 Å². The Bertz CT molecular complexity index is 598. The standard InChI is InChI=1S/C22H35N3O2/c1-17-6-10-19(11-7-17)21-20(5-4-13-27-21)15-24-22(23-2)25(3)12-14-26-16-18-8-9-18/h6-7,10-11,18,20-21H,4-5,8-9,12-16H2,1-3H3,(H,23,24). The van der Waals surface area contributed by atoms with Gasteiger partial charge in [-0.2, -0.15) is 0 Å². The Morgan fingerprint density at radius 3 is 2.74 bits per heavy atom. The average molecular weight is 374 g/mol. The summed E-state index contributed by atoms with van der Waals surface area (Å²) in [4.78, 5) is 6.59. The molecule has 2 atom stereocenters. The molecule has 2 unspecified atom stereocenters. The van der Waals surface area contributed by atoms with Gasteiger partial charge in [0, 0.05) is 46.3 Å². The second kappa shape index (κ2) is 10.1. The topological polar surface area (TPSA) is 46.1 Å². The maximum atomic E-state index is 6.14. The SMILES string of the molecule is CN=C(NCC1CCCOC1c1ccc(C)cc1)N(C)CCOCC1CC1. The van der Waals surface area contributed by atoms with Gasteiger partial charge in [0.2, 0.25) is 0 Å². The number of guanidine groups is 1. The average Bonchev–Trinajstić information content (AvgIpc) is 3.51. The molecule has 1 aromatic carbocycles. The zero-order chi connectivity index (χ0) is 19.1. The molecule has 5 heteroatoms. The highest BCUT2D eigenvalue weighted by atomic mass is 16.5. The summed E-state index contributed by atoms with van der Waals surface area (Å²) in [6, 6.07) is 8.76. The Labute approximate surface area is 164 Å². The summed E-state index contributed by atoms with van der Waals surface area (Å²) in [6.07, 6.45) is 5.14. The second-order valence-electron chi connectivity index (χ2n) is 7.97. The Kier molecular flexibility index (Phi) is 7.53. The molecule has 27 heavy (non-hydrogen) atoms. The zero-order valence-corrected chi connectivity index (χ0v) is 17.1. The summed E-state index contributed by atoms with van der Waals surface area (Å²) >= 11 is 0. The van der Waals surface area contributed by atoms with Crippen LogP contribution in [0.25, 0.3) is 0 Å². The van der Waals surface area contributed by atoms with E-state index in [1.165, 1.54) is 30.4 Å². The van der Waals surface area contributed by atoms with Crippen molar-refractivity contribution < 1.29 is 9.47 Å². The fourth-order valence-corrected chi connectivity index (χ4v) is 3.63. The highest BCUT2D eigenvalue weighted by Gasteiger charge is 2.28. The Hall–Kier alpha value is -1.59. The van der Waals surface area contributed by atoms with Crippen LogP contribution in [0.15, 0.2) is 29.3 Å². The van der Waals surface area contributed by atoms with E-state index < -0.39 is 0 Å². The smallest absolute Gasteiger partial charge is 0.193 e. The number of ether oxygens (including phenoxy) is 2. The van der Waals surface area contributed by atoms with E-state index in [9.17, 15) is 0 Å². The normalized spacial score (nSPS) is 23.3. The minimum atomic E-state index is 0.164. The van der Waals surface area contributed by atoms with Crippen molar-refractivity contribution in [1.29, 1.82) is 0 Å². The van der Waals surface area contributed by atoms with Crippen LogP contribution in [0.3, 0.4) is 0 Å². The van der Waals surface area contributed by atoms with Crippen LogP contribution < -0.4 is 5.32 Å². The third kappa shape index (κ3) is 6.22. The summed E-state index contributed by atoms with van der Waals surface area (Å²) in [6.45, 7) is 6.37. The molecular weight excluding hydrogens is 338 g/mol. The van der Waals surface area contributed by atoms with Crippen molar-refractivity contribution in [2.75, 3.05) is 47.0 Å². The molecule has 0 bridgehead atoms. The van der Waals surface area contributed by atoms with Crippen LogP contribution >= 0.6 is 0 Å². The first-order chi connectivity index (χ1) is 13.2. The van der Waals surface area contributed by atoms with Crippen LogP contribution in [0.2, 0.25) is 0 Å². The van der Waals surface area contributed by atoms with Gasteiger partial charge in [-0.15, -0.1) is 0 Å². The van der Waals surface area contributed by atoms with Crippen LogP contribution in [-0.2, 0) is 9.47 Å². The van der Waals surface area contributed by atoms with E-state index in [-0.39, 0.29) is 6.10 Å². The first-order valence-electron chi connectivity index (χ1n) is 10.3. The van der Waals surface area contributed by atoms with Crippen LogP contribution in [0.4, 0.5) is 0 Å². The molecule has 0 spiro atoms. The molecule has 1 aliphatic heterocycles. The summed E-state index contributed by atoms with van der Waals surface area (Å²) < 4.78 is 11.9. The molecule has 1 saturated heterocycles. The predicted octanol–water partition coefficient (Wildman–Crippen LogP) is 3.40. The number of nitrogens with zero attached hydrogens (tertiary/aromatic N) is 2. The molecule has 0 radical (unpaired) electrons. The van der Waals surface area contributed by atoms with Gasteiger partial charge in [-0.25, -0.2) is 0 Å². The van der Waals surface area contributed by atoms with Crippen LogP contribution in [0, 0.1) is 18.8 Å². The van der Waals surface area contributed by atoms with E-state index in [1.54, 1.807) is 0 Å². The Morgan fingerprint density at radius 1 is 1.26 bits per heavy atom. The largest absolute Gasteiger partial charge is 0.379 e. The van der Waals surface area contributed by atoms with Crippen molar-refractivity contribution in [3.8, 4) is 0 Å². The number of likely N-dealkylation sites (N-methyl/N-ethyl adjacent to an activating group) is 1. The van der Waals surface area contributed by atoms with Crippen molar-refractivity contribution in [2.24, 2.45) is 16.8 Å². The maximum absolute atomic E-state index is 6.14. The number of hydrogen-bond donors (Lipinski definition) is 1. The summed E-state index contributed by atoms with van der Waals surface area (Å²) in [7, 11) is 3.92. The van der Waals surface area contributed by atoms with E-state index >= 15 is 0 Å². The van der Waals surface area contributed by atoms with Gasteiger partial charge < -0.3 is 19.7 Å². The molecule has 0 aromatic heterocycles. The lowest BCUT2D eigenvalue weighted by Gasteiger charge is -2.33. The molecule has 2 aliphatic rings. The molecule has 5 nitrogen and oxygen atoms in total. The van der Waals surface area contributed by atoms with E-state index in [0.29, 0.717) is 5.92 Å². The second-order valence-corrected chi connectivity index (χ2v) is 7.97. The lowest BCUT2D eigenvalue weighted by Crippen LogP contribution is -2.44. The van der Waals surface area contributed by atoms with Gasteiger partial charge in [-0.3, -0.25) is 4.99 Å². The molecule has 1 saturated carbocycles. The van der Waals surface area contributed by atoms with Crippen LogP contribution in [-0.4, -0.2) is 57.9 Å². The zero-order valence-electron chi connectivity index (χ0n) is 17.1. The molecule has 150 valence electrons. The van der Waals surface area contributed by atoms with Crippen molar-refractivity contribution >= 4 is 5.96 Å². The molecule has 1 N–H and O–H groups in total. The van der Waals surface area contributed by atoms with E-state index in [1.807, 2.05) is 7.05 Å². The number of hydrogen-bond acceptors (Lipinski definition) is 3. The number of rotatable bonds is 8. The summed E-state index contributed by atoms with van der Waals surface area (Å²) in [5.74, 6) is 2.20. The van der Waals surface area contributed by atoms with Crippen molar-refractivity contribution in [3.63, 3.8) is 0 Å². The van der Waals surface area contributed by atoms with Gasteiger partial charge in [0.25, 0.3) is 0 Å². The predicted molar refractivity (Wildman–Crippen MR) is 110 cm³/mol. The molecular formula is C22H35N3O2. The molecule has 1 heterocycles. The fourth-order valence-electron chi connectivity index (χ4n) is 3.63. The fraction of sp³-hybridized carbons (Fsp3) is 0.682. The lowest BCUT2D eigenvalue weighted by molar-refractivity contribution is -0.0266. The lowest BCUT2D eigenvalue weighted by atomic mass is 9.89. The number of aliphatic imine (C=N–C) groups is 1. The van der Waals surface area contributed by atoms with Gasteiger partial charge in [0.05, 0.1) is 12.7 Å². The number of aryl methyl sites for hydroxylation is 1. The Balaban J connectivity index is 1.48. The van der Waals surface area contributed by atoms with Gasteiger partial charge in [0.15, 0.2) is 5.96 Å². The Morgan fingerprint density at radius 2 is 2.04 bits per heavy atom. The van der Waals surface area contributed by atoms with Gasteiger partial charge in [-0.05, 0) is 44.1 Å². The first-order valence-corrected chi connectivity index (χ1v) is 10.3. The first kappa shape index (κ1) is 20.2. The third-order valence-electron chi connectivity index (χ3n) is 5.57. The summed E-state index contributed by atoms with van der Waals surface area (Å²) in [5, 5.41) is 3.55. The minimum absolute atomic E-state index is 0.164. The molecule has 1 aromatic rings. The number of nitrogens with one attached hydrogen (secondary N) is 1. The van der Waals surface area contributed by atoms with Crippen LogP contribution in [0.1, 0.15) is 42.9 Å². The van der Waals surface area contributed by atoms with Crippen molar-refractivity contribution in [1.82, 2.24) is 10.2 Å². The van der Waals surface area contributed by atoms with Gasteiger partial charge >= 0.3 is 0 Å². The van der Waals surface area contributed by atoms with Gasteiger partial charge in [0.1, 0.15) is 0 Å². The molecule has 2 fully saturated rings. The molecule has 3 rings (SSSR count). The molecule has 1 aliphatic carbocycles. The highest BCUT2D eigenvalue weighted by molar-refractivity contribution is 5.79. The highest BCUT2D eigenvalue weighted by Crippen LogP contribution is 2.33. The van der Waals surface area contributed by atoms with E-state index in [0.717, 1.165) is 51.2 Å².